The van der Waals surface area contributed by atoms with E-state index in [-0.39, 0.29) is 5.56 Å². The molecule has 0 heterocycles. The van der Waals surface area contributed by atoms with Crippen LogP contribution in [-0.2, 0) is 5.41 Å². The summed E-state index contributed by atoms with van der Waals surface area (Å²) in [5.41, 5.74) is 3.34. The summed E-state index contributed by atoms with van der Waals surface area (Å²) in [6, 6.07) is 13.2. The predicted molar refractivity (Wildman–Crippen MR) is 75.9 cm³/mol. The SMILES string of the molecule is CC(C)(c1ccccc1)C(NN)c1cccc(F)c1F. The monoisotopic (exact) mass is 276 g/mol. The summed E-state index contributed by atoms with van der Waals surface area (Å²) < 4.78 is 27.4. The molecule has 0 aliphatic rings. The highest BCUT2D eigenvalue weighted by Gasteiger charge is 2.34. The van der Waals surface area contributed by atoms with Crippen molar-refractivity contribution in [1.82, 2.24) is 5.43 Å². The van der Waals surface area contributed by atoms with Crippen LogP contribution in [0.15, 0.2) is 48.5 Å². The van der Waals surface area contributed by atoms with Crippen molar-refractivity contribution in [2.75, 3.05) is 0 Å². The Morgan fingerprint density at radius 1 is 1.00 bits per heavy atom. The van der Waals surface area contributed by atoms with Crippen molar-refractivity contribution >= 4 is 0 Å². The van der Waals surface area contributed by atoms with Gasteiger partial charge in [0.05, 0.1) is 6.04 Å². The summed E-state index contributed by atoms with van der Waals surface area (Å²) in [4.78, 5) is 0. The van der Waals surface area contributed by atoms with Crippen molar-refractivity contribution in [1.29, 1.82) is 0 Å². The van der Waals surface area contributed by atoms with E-state index < -0.39 is 23.1 Å². The summed E-state index contributed by atoms with van der Waals surface area (Å²) in [5.74, 6) is 3.88. The molecule has 3 N–H and O–H groups in total. The van der Waals surface area contributed by atoms with Crippen LogP contribution >= 0.6 is 0 Å². The van der Waals surface area contributed by atoms with E-state index in [1.54, 1.807) is 6.07 Å². The number of hydrogen-bond donors (Lipinski definition) is 2. The van der Waals surface area contributed by atoms with Crippen LogP contribution < -0.4 is 11.3 Å². The minimum Gasteiger partial charge on any atom is -0.271 e. The first-order chi connectivity index (χ1) is 9.48. The van der Waals surface area contributed by atoms with Gasteiger partial charge in [-0.2, -0.15) is 0 Å². The van der Waals surface area contributed by atoms with Crippen LogP contribution in [0, 0.1) is 11.6 Å². The van der Waals surface area contributed by atoms with E-state index in [2.05, 4.69) is 5.43 Å². The van der Waals surface area contributed by atoms with Gasteiger partial charge in [-0.05, 0) is 11.6 Å². The quantitative estimate of drug-likeness (QED) is 0.663. The third-order valence-corrected chi connectivity index (χ3v) is 3.70. The molecule has 0 aliphatic heterocycles. The predicted octanol–water partition coefficient (Wildman–Crippen LogP) is 3.45. The lowest BCUT2D eigenvalue weighted by molar-refractivity contribution is 0.337. The number of hydrazine groups is 1. The van der Waals surface area contributed by atoms with Crippen molar-refractivity contribution < 1.29 is 8.78 Å². The Morgan fingerprint density at radius 3 is 2.25 bits per heavy atom. The summed E-state index contributed by atoms with van der Waals surface area (Å²) in [6.45, 7) is 3.88. The number of nitrogens with one attached hydrogen (secondary N) is 1. The first kappa shape index (κ1) is 14.6. The Morgan fingerprint density at radius 2 is 1.65 bits per heavy atom. The normalized spacial score (nSPS) is 13.2. The van der Waals surface area contributed by atoms with Gasteiger partial charge in [-0.15, -0.1) is 0 Å². The maximum absolute atomic E-state index is 14.0. The highest BCUT2D eigenvalue weighted by molar-refractivity contribution is 5.32. The van der Waals surface area contributed by atoms with Gasteiger partial charge >= 0.3 is 0 Å². The van der Waals surface area contributed by atoms with Crippen LogP contribution in [-0.4, -0.2) is 0 Å². The van der Waals surface area contributed by atoms with Gasteiger partial charge in [0, 0.05) is 11.0 Å². The van der Waals surface area contributed by atoms with Gasteiger partial charge in [0.1, 0.15) is 0 Å². The molecule has 2 nitrogen and oxygen atoms in total. The molecule has 4 heteroatoms. The summed E-state index contributed by atoms with van der Waals surface area (Å²) in [7, 11) is 0. The minimum atomic E-state index is -0.869. The number of halogens is 2. The van der Waals surface area contributed by atoms with Crippen molar-refractivity contribution in [3.8, 4) is 0 Å². The Labute approximate surface area is 117 Å². The number of rotatable bonds is 4. The summed E-state index contributed by atoms with van der Waals surface area (Å²) in [5, 5.41) is 0. The number of nitrogens with two attached hydrogens (primary N) is 1. The third-order valence-electron chi connectivity index (χ3n) is 3.70. The van der Waals surface area contributed by atoms with E-state index in [9.17, 15) is 8.78 Å². The lowest BCUT2D eigenvalue weighted by Crippen LogP contribution is -2.41. The molecule has 0 fully saturated rings. The molecule has 0 amide bonds. The van der Waals surface area contributed by atoms with Gasteiger partial charge in [0.2, 0.25) is 0 Å². The van der Waals surface area contributed by atoms with Gasteiger partial charge in [0.15, 0.2) is 11.6 Å². The number of benzene rings is 2. The van der Waals surface area contributed by atoms with Gasteiger partial charge in [-0.3, -0.25) is 11.3 Å². The molecule has 0 saturated heterocycles. The first-order valence-corrected chi connectivity index (χ1v) is 6.44. The van der Waals surface area contributed by atoms with E-state index in [4.69, 9.17) is 5.84 Å². The fourth-order valence-electron chi connectivity index (χ4n) is 2.46. The highest BCUT2D eigenvalue weighted by Crippen LogP contribution is 2.37. The van der Waals surface area contributed by atoms with Crippen LogP contribution in [0.3, 0.4) is 0 Å². The van der Waals surface area contributed by atoms with Gasteiger partial charge in [0.25, 0.3) is 0 Å². The van der Waals surface area contributed by atoms with E-state index in [1.165, 1.54) is 6.07 Å². The largest absolute Gasteiger partial charge is 0.271 e. The molecule has 2 rings (SSSR count). The smallest absolute Gasteiger partial charge is 0.163 e. The zero-order valence-electron chi connectivity index (χ0n) is 11.5. The minimum absolute atomic E-state index is 0.223. The van der Waals surface area contributed by atoms with Crippen LogP contribution in [0.5, 0.6) is 0 Å². The Hall–Kier alpha value is -1.78. The molecular formula is C16H18F2N2. The number of hydrogen-bond acceptors (Lipinski definition) is 2. The van der Waals surface area contributed by atoms with Crippen molar-refractivity contribution in [3.05, 3.63) is 71.3 Å². The van der Waals surface area contributed by atoms with Gasteiger partial charge < -0.3 is 0 Å². The average Bonchev–Trinajstić information content (AvgIpc) is 2.45. The van der Waals surface area contributed by atoms with Crippen LogP contribution in [0.25, 0.3) is 0 Å². The van der Waals surface area contributed by atoms with E-state index in [0.717, 1.165) is 11.6 Å². The topological polar surface area (TPSA) is 38.0 Å². The van der Waals surface area contributed by atoms with E-state index in [0.29, 0.717) is 0 Å². The standard InChI is InChI=1S/C16H18F2N2/c1-16(2,11-7-4-3-5-8-11)15(20-19)12-9-6-10-13(17)14(12)18/h3-10,15,20H,19H2,1-2H3. The molecule has 0 aromatic heterocycles. The zero-order chi connectivity index (χ0) is 14.8. The molecule has 106 valence electrons. The molecule has 0 saturated carbocycles. The van der Waals surface area contributed by atoms with Crippen molar-refractivity contribution in [2.24, 2.45) is 5.84 Å². The molecule has 2 aromatic carbocycles. The summed E-state index contributed by atoms with van der Waals surface area (Å²) >= 11 is 0. The molecule has 0 spiro atoms. The second-order valence-electron chi connectivity index (χ2n) is 5.33. The van der Waals surface area contributed by atoms with Crippen molar-refractivity contribution in [3.63, 3.8) is 0 Å². The third kappa shape index (κ3) is 2.57. The Kier molecular flexibility index (Phi) is 4.16. The molecule has 0 radical (unpaired) electrons. The summed E-state index contributed by atoms with van der Waals surface area (Å²) in [6.07, 6.45) is 0. The Bertz CT molecular complexity index is 582. The van der Waals surface area contributed by atoms with Crippen molar-refractivity contribution in [2.45, 2.75) is 25.3 Å². The Balaban J connectivity index is 2.49. The molecule has 0 bridgehead atoms. The average molecular weight is 276 g/mol. The maximum atomic E-state index is 14.0. The lowest BCUT2D eigenvalue weighted by atomic mass is 9.75. The second kappa shape index (κ2) is 5.69. The molecule has 1 atom stereocenters. The molecular weight excluding hydrogens is 258 g/mol. The maximum Gasteiger partial charge on any atom is 0.163 e. The fraction of sp³-hybridized carbons (Fsp3) is 0.250. The zero-order valence-corrected chi connectivity index (χ0v) is 11.5. The van der Waals surface area contributed by atoms with Gasteiger partial charge in [-0.1, -0.05) is 56.3 Å². The second-order valence-corrected chi connectivity index (χ2v) is 5.33. The first-order valence-electron chi connectivity index (χ1n) is 6.44. The van der Waals surface area contributed by atoms with Crippen LogP contribution in [0.1, 0.15) is 31.0 Å². The van der Waals surface area contributed by atoms with E-state index in [1.807, 2.05) is 44.2 Å². The lowest BCUT2D eigenvalue weighted by Gasteiger charge is -2.35. The molecule has 1 unspecified atom stereocenters. The molecule has 20 heavy (non-hydrogen) atoms. The molecule has 0 aliphatic carbocycles. The van der Waals surface area contributed by atoms with Crippen LogP contribution in [0.4, 0.5) is 8.78 Å². The highest BCUT2D eigenvalue weighted by atomic mass is 19.2. The molecule has 2 aromatic rings. The van der Waals surface area contributed by atoms with Crippen LogP contribution in [0.2, 0.25) is 0 Å². The van der Waals surface area contributed by atoms with E-state index >= 15 is 0 Å². The fourth-order valence-corrected chi connectivity index (χ4v) is 2.46. The van der Waals surface area contributed by atoms with Gasteiger partial charge in [-0.25, -0.2) is 8.78 Å².